The Morgan fingerprint density at radius 1 is 0.397 bits per heavy atom. The van der Waals surface area contributed by atoms with Crippen molar-refractivity contribution in [3.05, 3.63) is 300 Å². The molecule has 0 N–H and O–H groups in total. The molecule has 0 aliphatic heterocycles. The van der Waals surface area contributed by atoms with Crippen molar-refractivity contribution in [1.82, 2.24) is 0 Å². The maximum atomic E-state index is 4.68. The van der Waals surface area contributed by atoms with Crippen LogP contribution >= 0.6 is 0 Å². The summed E-state index contributed by atoms with van der Waals surface area (Å²) in [5, 5.41) is 0. The molecule has 0 aromatic heterocycles. The lowest BCUT2D eigenvalue weighted by atomic mass is 9.95. The predicted octanol–water partition coefficient (Wildman–Crippen LogP) is 18.2. The van der Waals surface area contributed by atoms with E-state index in [4.69, 9.17) is 0 Å². The number of para-hydroxylation sites is 3. The molecule has 8 aromatic rings. The summed E-state index contributed by atoms with van der Waals surface area (Å²) >= 11 is 0. The number of nitrogens with zero attached hydrogens (tertiary/aromatic N) is 3. The Morgan fingerprint density at radius 3 is 1.25 bits per heavy atom. The van der Waals surface area contributed by atoms with Crippen molar-refractivity contribution >= 4 is 56.6 Å². The molecule has 0 amide bonds. The van der Waals surface area contributed by atoms with Crippen LogP contribution in [0.5, 0.6) is 0 Å². The minimum atomic E-state index is 0.793. The Hall–Kier alpha value is -8.40. The minimum Gasteiger partial charge on any atom is -0.311 e. The summed E-state index contributed by atoms with van der Waals surface area (Å²) in [6, 6.07) is 75.5. The van der Waals surface area contributed by atoms with Crippen molar-refractivity contribution in [1.29, 1.82) is 0 Å². The fourth-order valence-electron chi connectivity index (χ4n) is 8.87. The molecule has 0 heterocycles. The van der Waals surface area contributed by atoms with E-state index in [1.165, 1.54) is 27.8 Å². The highest BCUT2D eigenvalue weighted by molar-refractivity contribution is 5.89. The second-order valence-corrected chi connectivity index (χ2v) is 17.4. The summed E-state index contributed by atoms with van der Waals surface area (Å²) in [6.45, 7) is 13.3. The molecule has 0 bridgehead atoms. The van der Waals surface area contributed by atoms with Gasteiger partial charge in [0.1, 0.15) is 0 Å². The number of aryl methyl sites for hydroxylation is 3. The fourth-order valence-corrected chi connectivity index (χ4v) is 8.87. The first kappa shape index (κ1) is 44.8. The van der Waals surface area contributed by atoms with Crippen LogP contribution in [0.4, 0.5) is 45.5 Å². The van der Waals surface area contributed by atoms with Crippen LogP contribution in [0.1, 0.15) is 41.2 Å². The Balaban J connectivity index is 1.07. The normalized spacial score (nSPS) is 12.7. The number of benzene rings is 8. The van der Waals surface area contributed by atoms with Crippen molar-refractivity contribution in [2.24, 2.45) is 0 Å². The van der Waals surface area contributed by atoms with Crippen LogP contribution in [-0.4, -0.2) is 0 Å². The van der Waals surface area contributed by atoms with Crippen LogP contribution in [-0.2, 0) is 0 Å². The molecule has 8 aromatic carbocycles. The van der Waals surface area contributed by atoms with Crippen molar-refractivity contribution in [3.8, 4) is 0 Å². The monoisotopic (exact) mass is 879 g/mol. The first-order valence-electron chi connectivity index (χ1n) is 23.4. The molecule has 68 heavy (non-hydrogen) atoms. The summed E-state index contributed by atoms with van der Waals surface area (Å²) < 4.78 is 0. The maximum Gasteiger partial charge on any atom is 0.0464 e. The number of hydrogen-bond acceptors (Lipinski definition) is 3. The van der Waals surface area contributed by atoms with Crippen LogP contribution in [0.15, 0.2) is 272 Å². The summed E-state index contributed by atoms with van der Waals surface area (Å²) in [7, 11) is 0. The van der Waals surface area contributed by atoms with Crippen LogP contribution in [0.25, 0.3) is 11.1 Å². The van der Waals surface area contributed by atoms with Crippen molar-refractivity contribution in [2.45, 2.75) is 34.1 Å². The Labute approximate surface area is 403 Å². The van der Waals surface area contributed by atoms with Gasteiger partial charge in [-0.25, -0.2) is 0 Å². The highest BCUT2D eigenvalue weighted by Crippen LogP contribution is 2.39. The van der Waals surface area contributed by atoms with E-state index in [1.54, 1.807) is 0 Å². The van der Waals surface area contributed by atoms with Crippen molar-refractivity contribution in [2.75, 3.05) is 14.7 Å². The zero-order valence-corrected chi connectivity index (χ0v) is 39.4. The lowest BCUT2D eigenvalue weighted by Crippen LogP contribution is -2.15. The van der Waals surface area contributed by atoms with E-state index in [0.29, 0.717) is 0 Å². The lowest BCUT2D eigenvalue weighted by Gasteiger charge is -2.26. The van der Waals surface area contributed by atoms with E-state index in [-0.39, 0.29) is 0 Å². The van der Waals surface area contributed by atoms with Crippen molar-refractivity contribution < 1.29 is 0 Å². The quantitative estimate of drug-likeness (QED) is 0.101. The average molecular weight is 880 g/mol. The van der Waals surface area contributed by atoms with Crippen LogP contribution < -0.4 is 14.7 Å². The first-order chi connectivity index (χ1) is 33.3. The molecule has 332 valence electrons. The third-order valence-electron chi connectivity index (χ3n) is 12.3. The minimum absolute atomic E-state index is 0.793. The number of rotatable bonds is 14. The summed E-state index contributed by atoms with van der Waals surface area (Å²) in [4.78, 5) is 6.97. The highest BCUT2D eigenvalue weighted by atomic mass is 15.2. The second-order valence-electron chi connectivity index (χ2n) is 17.4. The molecule has 9 rings (SSSR count). The third kappa shape index (κ3) is 10.5. The molecule has 0 spiro atoms. The summed E-state index contributed by atoms with van der Waals surface area (Å²) in [6.07, 6.45) is 14.5. The molecule has 0 radical (unpaired) electrons. The predicted molar refractivity (Wildman–Crippen MR) is 292 cm³/mol. The van der Waals surface area contributed by atoms with Gasteiger partial charge < -0.3 is 14.7 Å². The van der Waals surface area contributed by atoms with Crippen molar-refractivity contribution in [3.63, 3.8) is 0 Å². The second kappa shape index (κ2) is 20.8. The lowest BCUT2D eigenvalue weighted by molar-refractivity contribution is 1.18. The largest absolute Gasteiger partial charge is 0.311 e. The average Bonchev–Trinajstić information content (AvgIpc) is 3.62. The topological polar surface area (TPSA) is 9.72 Å². The standard InChI is InChI=1S/C65H57N3/c1-48-19-15-30-63(43-48)66(57-23-9-6-10-24-57)60-29-18-22-53(33-38-60)51(4)46-56(55-36-41-62(42-37-55)68(59-27-13-8-14-28-59)65-32-17-21-50(3)45-65)47-52(5)54-34-39-61(40-35-54)67(58-25-11-7-12-26-58)64-31-16-20-49(2)44-64/h6-17,19-47H,5,18H2,1-4H3/b51-46+,56-47+. The number of anilines is 8. The van der Waals surface area contributed by atoms with Crippen LogP contribution in [0.2, 0.25) is 0 Å². The zero-order valence-electron chi connectivity index (χ0n) is 39.4. The molecule has 0 atom stereocenters. The van der Waals surface area contributed by atoms with Gasteiger partial charge in [0.2, 0.25) is 0 Å². The van der Waals surface area contributed by atoms with Gasteiger partial charge in [-0.15, -0.1) is 0 Å². The number of allylic oxidation sites excluding steroid dienone is 10. The van der Waals surface area contributed by atoms with E-state index in [0.717, 1.165) is 79.9 Å². The molecule has 1 aliphatic carbocycles. The Bertz CT molecular complexity index is 3170. The fraction of sp³-hybridized carbons (Fsp3) is 0.0769. The summed E-state index contributed by atoms with van der Waals surface area (Å²) in [5.41, 5.74) is 20.2. The van der Waals surface area contributed by atoms with E-state index in [1.807, 2.05) is 0 Å². The highest BCUT2D eigenvalue weighted by Gasteiger charge is 2.17. The van der Waals surface area contributed by atoms with Gasteiger partial charge in [-0.2, -0.15) is 0 Å². The molecular formula is C65H57N3. The van der Waals surface area contributed by atoms with E-state index < -0.39 is 0 Å². The van der Waals surface area contributed by atoms with Crippen LogP contribution in [0.3, 0.4) is 0 Å². The number of hydrogen-bond donors (Lipinski definition) is 0. The van der Waals surface area contributed by atoms with Gasteiger partial charge in [0.25, 0.3) is 0 Å². The molecule has 1 aliphatic rings. The molecule has 0 saturated carbocycles. The van der Waals surface area contributed by atoms with Gasteiger partial charge >= 0.3 is 0 Å². The van der Waals surface area contributed by atoms with Crippen LogP contribution in [0, 0.1) is 20.8 Å². The van der Waals surface area contributed by atoms with Gasteiger partial charge in [0.05, 0.1) is 0 Å². The van der Waals surface area contributed by atoms with Gasteiger partial charge in [-0.05, 0) is 193 Å². The molecule has 0 saturated heterocycles. The van der Waals surface area contributed by atoms with Gasteiger partial charge in [-0.3, -0.25) is 0 Å². The van der Waals surface area contributed by atoms with E-state index in [2.05, 4.69) is 298 Å². The molecular weight excluding hydrogens is 823 g/mol. The molecule has 0 fully saturated rings. The molecule has 3 nitrogen and oxygen atoms in total. The Morgan fingerprint density at radius 2 is 0.794 bits per heavy atom. The van der Waals surface area contributed by atoms with Gasteiger partial charge in [0, 0.05) is 51.2 Å². The molecule has 0 unspecified atom stereocenters. The smallest absolute Gasteiger partial charge is 0.0464 e. The van der Waals surface area contributed by atoms with E-state index >= 15 is 0 Å². The first-order valence-corrected chi connectivity index (χ1v) is 23.4. The summed E-state index contributed by atoms with van der Waals surface area (Å²) in [5.74, 6) is 0. The third-order valence-corrected chi connectivity index (χ3v) is 12.3. The maximum absolute atomic E-state index is 4.68. The Kier molecular flexibility index (Phi) is 13.7. The zero-order chi connectivity index (χ0) is 46.8. The molecule has 3 heteroatoms. The van der Waals surface area contributed by atoms with Gasteiger partial charge in [-0.1, -0.05) is 146 Å². The SMILES string of the molecule is C=C(/C=C(\C=C(/C)C1=CCC=C(N(c2ccccc2)c2cccc(C)c2)C=C1)c1ccc(N(c2ccccc2)c2cccc(C)c2)cc1)c1ccc(N(c2ccccc2)c2cccc(C)c2)cc1. The van der Waals surface area contributed by atoms with E-state index in [9.17, 15) is 0 Å². The van der Waals surface area contributed by atoms with Gasteiger partial charge in [0.15, 0.2) is 0 Å².